The van der Waals surface area contributed by atoms with Crippen molar-refractivity contribution in [1.29, 1.82) is 0 Å². The third-order valence-corrected chi connectivity index (χ3v) is 2.99. The Morgan fingerprint density at radius 1 is 1.48 bits per heavy atom. The normalized spacial score (nSPS) is 11.0. The van der Waals surface area contributed by atoms with Gasteiger partial charge in [-0.05, 0) is 25.1 Å². The smallest absolute Gasteiger partial charge is 0.277 e. The zero-order chi connectivity index (χ0) is 14.8. The van der Waals surface area contributed by atoms with Gasteiger partial charge in [-0.1, -0.05) is 5.21 Å². The molecule has 0 saturated heterocycles. The van der Waals surface area contributed by atoms with Crippen LogP contribution in [0.3, 0.4) is 0 Å². The Labute approximate surface area is 120 Å². The molecule has 4 N–H and O–H groups in total. The van der Waals surface area contributed by atoms with E-state index >= 15 is 0 Å². The molecule has 0 radical (unpaired) electrons. The van der Waals surface area contributed by atoms with E-state index in [0.29, 0.717) is 18.8 Å². The molecule has 3 aromatic rings. The number of fused-ring (bicyclic) bond motifs is 1. The lowest BCUT2D eigenvalue weighted by atomic mass is 10.2. The summed E-state index contributed by atoms with van der Waals surface area (Å²) in [6, 6.07) is 5.47. The number of nitrogens with one attached hydrogen (secondary N) is 2. The summed E-state index contributed by atoms with van der Waals surface area (Å²) in [5.41, 5.74) is 8.08. The zero-order valence-corrected chi connectivity index (χ0v) is 11.5. The molecule has 21 heavy (non-hydrogen) atoms. The maximum atomic E-state index is 12.1. The third-order valence-electron chi connectivity index (χ3n) is 2.99. The van der Waals surface area contributed by atoms with Crippen LogP contribution in [0.15, 0.2) is 24.4 Å². The number of carbonyl (C=O) groups is 1. The second-order valence-electron chi connectivity index (χ2n) is 4.66. The van der Waals surface area contributed by atoms with Crippen molar-refractivity contribution >= 4 is 22.6 Å². The molecule has 2 heterocycles. The van der Waals surface area contributed by atoms with E-state index in [1.165, 1.54) is 4.68 Å². The maximum Gasteiger partial charge on any atom is 0.277 e. The molecule has 0 bridgehead atoms. The number of carbonyl (C=O) groups excluding carboxylic acids is 1. The van der Waals surface area contributed by atoms with E-state index in [2.05, 4.69) is 25.6 Å². The number of H-pyrrole nitrogens is 1. The van der Waals surface area contributed by atoms with Crippen molar-refractivity contribution in [2.45, 2.75) is 13.5 Å². The molecule has 0 unspecified atom stereocenters. The van der Waals surface area contributed by atoms with E-state index in [-0.39, 0.29) is 11.6 Å². The summed E-state index contributed by atoms with van der Waals surface area (Å²) in [7, 11) is 0. The van der Waals surface area contributed by atoms with Gasteiger partial charge in [-0.3, -0.25) is 9.48 Å². The Hall–Kier alpha value is -2.74. The Kier molecular flexibility index (Phi) is 3.36. The molecule has 1 amide bonds. The molecule has 0 aliphatic rings. The van der Waals surface area contributed by atoms with Crippen LogP contribution in [0, 0.1) is 6.92 Å². The lowest BCUT2D eigenvalue weighted by molar-refractivity contribution is 0.102. The molecule has 0 aliphatic heterocycles. The van der Waals surface area contributed by atoms with Crippen molar-refractivity contribution in [2.75, 3.05) is 11.9 Å². The molecule has 0 atom stereocenters. The summed E-state index contributed by atoms with van der Waals surface area (Å²) in [6.07, 6.45) is 1.57. The van der Waals surface area contributed by atoms with Crippen molar-refractivity contribution in [3.63, 3.8) is 0 Å². The molecular formula is C13H15N7O. The van der Waals surface area contributed by atoms with Gasteiger partial charge in [-0.2, -0.15) is 0 Å². The minimum Gasteiger partial charge on any atom is -0.342 e. The maximum absolute atomic E-state index is 12.1. The van der Waals surface area contributed by atoms with Gasteiger partial charge in [0.1, 0.15) is 5.82 Å². The number of benzene rings is 1. The molecule has 108 valence electrons. The highest BCUT2D eigenvalue weighted by atomic mass is 16.2. The zero-order valence-electron chi connectivity index (χ0n) is 11.5. The number of aromatic nitrogens is 5. The average molecular weight is 285 g/mol. The van der Waals surface area contributed by atoms with Crippen LogP contribution in [0.2, 0.25) is 0 Å². The van der Waals surface area contributed by atoms with Gasteiger partial charge < -0.3 is 16.0 Å². The highest BCUT2D eigenvalue weighted by Gasteiger charge is 2.11. The molecule has 0 saturated carbocycles. The Bertz CT molecular complexity index is 789. The highest BCUT2D eigenvalue weighted by Crippen LogP contribution is 2.17. The molecule has 0 fully saturated rings. The number of imidazole rings is 1. The van der Waals surface area contributed by atoms with Crippen LogP contribution < -0.4 is 11.1 Å². The van der Waals surface area contributed by atoms with Crippen LogP contribution in [0.5, 0.6) is 0 Å². The van der Waals surface area contributed by atoms with E-state index in [9.17, 15) is 4.79 Å². The van der Waals surface area contributed by atoms with E-state index in [1.807, 2.05) is 19.1 Å². The van der Waals surface area contributed by atoms with E-state index in [0.717, 1.165) is 16.9 Å². The summed E-state index contributed by atoms with van der Waals surface area (Å²) >= 11 is 0. The van der Waals surface area contributed by atoms with Crippen LogP contribution >= 0.6 is 0 Å². The monoisotopic (exact) mass is 285 g/mol. The Balaban J connectivity index is 1.78. The molecule has 8 heteroatoms. The average Bonchev–Trinajstić information content (AvgIpc) is 3.04. The quantitative estimate of drug-likeness (QED) is 0.652. The summed E-state index contributed by atoms with van der Waals surface area (Å²) in [5.74, 6) is 0.520. The number of nitrogens with two attached hydrogens (primary N) is 1. The van der Waals surface area contributed by atoms with Crippen LogP contribution in [0.4, 0.5) is 5.69 Å². The Morgan fingerprint density at radius 3 is 3.14 bits per heavy atom. The first-order chi connectivity index (χ1) is 10.2. The van der Waals surface area contributed by atoms with Crippen molar-refractivity contribution in [2.24, 2.45) is 5.73 Å². The van der Waals surface area contributed by atoms with Gasteiger partial charge in [-0.25, -0.2) is 4.98 Å². The minimum absolute atomic E-state index is 0.254. The number of hydrogen-bond acceptors (Lipinski definition) is 5. The number of nitrogens with zero attached hydrogens (tertiary/aromatic N) is 4. The van der Waals surface area contributed by atoms with Gasteiger partial charge in [0.05, 0.1) is 23.8 Å². The number of amides is 1. The van der Waals surface area contributed by atoms with Crippen LogP contribution in [0.25, 0.3) is 11.0 Å². The third kappa shape index (κ3) is 2.75. The summed E-state index contributed by atoms with van der Waals surface area (Å²) < 4.78 is 1.54. The van der Waals surface area contributed by atoms with Gasteiger partial charge in [0.25, 0.3) is 5.91 Å². The first kappa shape index (κ1) is 13.3. The number of anilines is 1. The van der Waals surface area contributed by atoms with Crippen molar-refractivity contribution < 1.29 is 4.79 Å². The largest absolute Gasteiger partial charge is 0.342 e. The fourth-order valence-electron chi connectivity index (χ4n) is 2.05. The number of hydrogen-bond donors (Lipinski definition) is 3. The summed E-state index contributed by atoms with van der Waals surface area (Å²) in [6.45, 7) is 2.86. The number of rotatable bonds is 4. The molecule has 1 aromatic carbocycles. The molecule has 0 aliphatic carbocycles. The van der Waals surface area contributed by atoms with Crippen LogP contribution in [-0.4, -0.2) is 37.4 Å². The molecule has 3 rings (SSSR count). The molecule has 2 aromatic heterocycles. The van der Waals surface area contributed by atoms with E-state index < -0.39 is 0 Å². The minimum atomic E-state index is -0.311. The molecule has 8 nitrogen and oxygen atoms in total. The standard InChI is InChI=1S/C13H15N7O/c1-8-15-10-3-2-9(6-11(10)16-8)17-13(21)12-7-20(5-4-14)19-18-12/h2-3,6-7H,4-5,14H2,1H3,(H,15,16)(H,17,21). The van der Waals surface area contributed by atoms with Gasteiger partial charge >= 0.3 is 0 Å². The van der Waals surface area contributed by atoms with Crippen molar-refractivity contribution in [1.82, 2.24) is 25.0 Å². The predicted molar refractivity (Wildman–Crippen MR) is 77.9 cm³/mol. The predicted octanol–water partition coefficient (Wildman–Crippen LogP) is 0.674. The van der Waals surface area contributed by atoms with Crippen molar-refractivity contribution in [3.8, 4) is 0 Å². The topological polar surface area (TPSA) is 115 Å². The molecular weight excluding hydrogens is 270 g/mol. The van der Waals surface area contributed by atoms with Gasteiger partial charge in [-0.15, -0.1) is 5.10 Å². The second kappa shape index (κ2) is 5.33. The Morgan fingerprint density at radius 2 is 2.33 bits per heavy atom. The van der Waals surface area contributed by atoms with Gasteiger partial charge in [0.15, 0.2) is 5.69 Å². The first-order valence-electron chi connectivity index (χ1n) is 6.53. The second-order valence-corrected chi connectivity index (χ2v) is 4.66. The highest BCUT2D eigenvalue weighted by molar-refractivity contribution is 6.03. The lowest BCUT2D eigenvalue weighted by Gasteiger charge is -2.02. The van der Waals surface area contributed by atoms with Gasteiger partial charge in [0.2, 0.25) is 0 Å². The van der Waals surface area contributed by atoms with Crippen LogP contribution in [-0.2, 0) is 6.54 Å². The number of aryl methyl sites for hydroxylation is 1. The fourth-order valence-corrected chi connectivity index (χ4v) is 2.05. The fraction of sp³-hybridized carbons (Fsp3) is 0.231. The summed E-state index contributed by atoms with van der Waals surface area (Å²) in [5, 5.41) is 10.4. The number of aromatic amines is 1. The molecule has 0 spiro atoms. The van der Waals surface area contributed by atoms with Crippen LogP contribution in [0.1, 0.15) is 16.3 Å². The first-order valence-corrected chi connectivity index (χ1v) is 6.53. The van der Waals surface area contributed by atoms with Crippen molar-refractivity contribution in [3.05, 3.63) is 35.9 Å². The summed E-state index contributed by atoms with van der Waals surface area (Å²) in [4.78, 5) is 19.5. The van der Waals surface area contributed by atoms with Gasteiger partial charge in [0, 0.05) is 12.2 Å². The van der Waals surface area contributed by atoms with E-state index in [4.69, 9.17) is 5.73 Å². The van der Waals surface area contributed by atoms with E-state index in [1.54, 1.807) is 12.3 Å². The SMILES string of the molecule is Cc1nc2ccc(NC(=O)c3cn(CCN)nn3)cc2[nH]1. The lowest BCUT2D eigenvalue weighted by Crippen LogP contribution is -2.12.